The van der Waals surface area contributed by atoms with Crippen molar-refractivity contribution in [2.45, 2.75) is 168 Å². The molecule has 0 bridgehead atoms. The maximum atomic E-state index is 4.81. The summed E-state index contributed by atoms with van der Waals surface area (Å²) in [6.07, 6.45) is 30.5. The zero-order valence-corrected chi connectivity index (χ0v) is 22.1. The van der Waals surface area contributed by atoms with E-state index in [9.17, 15) is 0 Å². The maximum Gasteiger partial charge on any atom is 0.132 e. The predicted molar refractivity (Wildman–Crippen MR) is 140 cm³/mol. The smallest absolute Gasteiger partial charge is 0.132 e. The van der Waals surface area contributed by atoms with E-state index in [-0.39, 0.29) is 0 Å². The van der Waals surface area contributed by atoms with Crippen molar-refractivity contribution in [3.05, 3.63) is 17.5 Å². The molecule has 186 valence electrons. The number of unbranched alkanes of at least 4 members (excludes halogenated alkanes) is 18. The summed E-state index contributed by atoms with van der Waals surface area (Å²) in [5, 5.41) is 0. The van der Waals surface area contributed by atoms with Crippen molar-refractivity contribution in [2.75, 3.05) is 0 Å². The van der Waals surface area contributed by atoms with Crippen molar-refractivity contribution < 1.29 is 0 Å². The first kappa shape index (κ1) is 29.0. The van der Waals surface area contributed by atoms with Crippen molar-refractivity contribution in [3.63, 3.8) is 0 Å². The van der Waals surface area contributed by atoms with E-state index in [2.05, 4.69) is 20.8 Å². The third-order valence-corrected chi connectivity index (χ3v) is 6.60. The minimum atomic E-state index is 0.915. The molecule has 3 heteroatoms. The van der Waals surface area contributed by atoms with Crippen LogP contribution >= 0.6 is 0 Å². The van der Waals surface area contributed by atoms with Crippen LogP contribution in [0.5, 0.6) is 0 Å². The van der Waals surface area contributed by atoms with E-state index >= 15 is 0 Å². The molecule has 0 aliphatic heterocycles. The highest BCUT2D eigenvalue weighted by Gasteiger charge is 2.06. The number of aryl methyl sites for hydroxylation is 3. The highest BCUT2D eigenvalue weighted by atomic mass is 15.0. The summed E-state index contributed by atoms with van der Waals surface area (Å²) in [5.41, 5.74) is 0. The second-order valence-electron chi connectivity index (χ2n) is 9.80. The summed E-state index contributed by atoms with van der Waals surface area (Å²) in [5.74, 6) is 3.07. The fourth-order valence-corrected chi connectivity index (χ4v) is 4.44. The zero-order chi connectivity index (χ0) is 23.1. The van der Waals surface area contributed by atoms with E-state index in [0.717, 1.165) is 36.7 Å². The molecule has 1 heterocycles. The molecule has 0 amide bonds. The van der Waals surface area contributed by atoms with Gasteiger partial charge in [-0.25, -0.2) is 15.0 Å². The van der Waals surface area contributed by atoms with Crippen molar-refractivity contribution >= 4 is 0 Å². The lowest BCUT2D eigenvalue weighted by molar-refractivity contribution is 0.549. The van der Waals surface area contributed by atoms with Crippen LogP contribution in [-0.2, 0) is 19.3 Å². The van der Waals surface area contributed by atoms with Gasteiger partial charge in [-0.3, -0.25) is 0 Å². The third-order valence-electron chi connectivity index (χ3n) is 6.60. The Morgan fingerprint density at radius 1 is 0.344 bits per heavy atom. The molecule has 0 aliphatic carbocycles. The van der Waals surface area contributed by atoms with Crippen molar-refractivity contribution in [1.82, 2.24) is 15.0 Å². The Balaban J connectivity index is 2.13. The molecule has 0 aromatic carbocycles. The first-order valence-electron chi connectivity index (χ1n) is 14.5. The van der Waals surface area contributed by atoms with Crippen LogP contribution in [0.2, 0.25) is 0 Å². The summed E-state index contributed by atoms with van der Waals surface area (Å²) in [7, 11) is 0. The van der Waals surface area contributed by atoms with Gasteiger partial charge >= 0.3 is 0 Å². The monoisotopic (exact) mass is 445 g/mol. The summed E-state index contributed by atoms with van der Waals surface area (Å²) in [6.45, 7) is 6.73. The van der Waals surface area contributed by atoms with E-state index in [4.69, 9.17) is 15.0 Å². The molecular formula is C29H55N3. The summed E-state index contributed by atoms with van der Waals surface area (Å²) in [4.78, 5) is 14.2. The third kappa shape index (κ3) is 16.6. The largest absolute Gasteiger partial charge is 0.218 e. The van der Waals surface area contributed by atoms with E-state index in [1.807, 2.05) is 0 Å². The summed E-state index contributed by atoms with van der Waals surface area (Å²) < 4.78 is 0. The van der Waals surface area contributed by atoms with Crippen molar-refractivity contribution in [2.24, 2.45) is 0 Å². The summed E-state index contributed by atoms with van der Waals surface area (Å²) in [6, 6.07) is 0. The molecule has 0 saturated carbocycles. The lowest BCUT2D eigenvalue weighted by Gasteiger charge is -2.07. The van der Waals surface area contributed by atoms with Crippen LogP contribution in [0.4, 0.5) is 0 Å². The van der Waals surface area contributed by atoms with Gasteiger partial charge in [-0.2, -0.15) is 0 Å². The quantitative estimate of drug-likeness (QED) is 0.157. The fourth-order valence-electron chi connectivity index (χ4n) is 4.44. The highest BCUT2D eigenvalue weighted by Crippen LogP contribution is 2.13. The Hall–Kier alpha value is -0.990. The first-order valence-corrected chi connectivity index (χ1v) is 14.5. The SMILES string of the molecule is CCCCCCCCCCCCc1nc(CC)nc(CCCCCCCCCCCC)n1. The number of hydrogen-bond donors (Lipinski definition) is 0. The molecule has 0 spiro atoms. The summed E-state index contributed by atoms with van der Waals surface area (Å²) >= 11 is 0. The second-order valence-corrected chi connectivity index (χ2v) is 9.80. The van der Waals surface area contributed by atoms with Gasteiger partial charge in [0.25, 0.3) is 0 Å². The number of aromatic nitrogens is 3. The van der Waals surface area contributed by atoms with Gasteiger partial charge in [0.05, 0.1) is 0 Å². The van der Waals surface area contributed by atoms with Gasteiger partial charge in [-0.05, 0) is 12.8 Å². The molecule has 1 rings (SSSR count). The second kappa shape index (κ2) is 21.8. The molecule has 1 aromatic heterocycles. The topological polar surface area (TPSA) is 38.7 Å². The number of hydrogen-bond acceptors (Lipinski definition) is 3. The average Bonchev–Trinajstić information content (AvgIpc) is 2.81. The van der Waals surface area contributed by atoms with E-state index in [1.165, 1.54) is 128 Å². The highest BCUT2D eigenvalue weighted by molar-refractivity contribution is 4.98. The Morgan fingerprint density at radius 3 is 0.938 bits per heavy atom. The van der Waals surface area contributed by atoms with Gasteiger partial charge in [-0.15, -0.1) is 0 Å². The van der Waals surface area contributed by atoms with Gasteiger partial charge in [0.15, 0.2) is 0 Å². The van der Waals surface area contributed by atoms with E-state index in [0.29, 0.717) is 0 Å². The van der Waals surface area contributed by atoms with Crippen LogP contribution in [0.15, 0.2) is 0 Å². The molecule has 3 nitrogen and oxygen atoms in total. The predicted octanol–water partition coefficient (Wildman–Crippen LogP) is 9.36. The number of rotatable bonds is 23. The van der Waals surface area contributed by atoms with Crippen LogP contribution in [0, 0.1) is 0 Å². The van der Waals surface area contributed by atoms with Gasteiger partial charge in [0.1, 0.15) is 17.5 Å². The maximum absolute atomic E-state index is 4.81. The van der Waals surface area contributed by atoms with Gasteiger partial charge in [-0.1, -0.05) is 136 Å². The molecule has 32 heavy (non-hydrogen) atoms. The van der Waals surface area contributed by atoms with Crippen LogP contribution in [0.3, 0.4) is 0 Å². The van der Waals surface area contributed by atoms with Crippen molar-refractivity contribution in [1.29, 1.82) is 0 Å². The fraction of sp³-hybridized carbons (Fsp3) is 0.897. The minimum absolute atomic E-state index is 0.915. The Kier molecular flexibility index (Phi) is 19.8. The normalized spacial score (nSPS) is 11.3. The lowest BCUT2D eigenvalue weighted by Crippen LogP contribution is -2.07. The Labute approximate surface area is 201 Å². The molecule has 0 saturated heterocycles. The van der Waals surface area contributed by atoms with Crippen LogP contribution < -0.4 is 0 Å². The zero-order valence-electron chi connectivity index (χ0n) is 22.1. The molecule has 0 fully saturated rings. The van der Waals surface area contributed by atoms with Crippen LogP contribution in [0.25, 0.3) is 0 Å². The molecule has 0 atom stereocenters. The Morgan fingerprint density at radius 2 is 0.625 bits per heavy atom. The number of nitrogens with zero attached hydrogens (tertiary/aromatic N) is 3. The van der Waals surface area contributed by atoms with Gasteiger partial charge < -0.3 is 0 Å². The molecule has 0 N–H and O–H groups in total. The van der Waals surface area contributed by atoms with E-state index < -0.39 is 0 Å². The molecule has 0 aliphatic rings. The molecule has 1 aromatic rings. The Bertz CT molecular complexity index is 487. The first-order chi connectivity index (χ1) is 15.8. The van der Waals surface area contributed by atoms with Crippen LogP contribution in [-0.4, -0.2) is 15.0 Å². The molecule has 0 radical (unpaired) electrons. The average molecular weight is 446 g/mol. The molecule has 0 unspecified atom stereocenters. The van der Waals surface area contributed by atoms with Gasteiger partial charge in [0.2, 0.25) is 0 Å². The van der Waals surface area contributed by atoms with Crippen molar-refractivity contribution in [3.8, 4) is 0 Å². The van der Waals surface area contributed by atoms with E-state index in [1.54, 1.807) is 0 Å². The standard InChI is InChI=1S/C29H55N3/c1-4-7-9-11-13-15-17-19-21-23-25-28-30-27(6-3)31-29(32-28)26-24-22-20-18-16-14-12-10-8-5-2/h4-26H2,1-3H3. The lowest BCUT2D eigenvalue weighted by atomic mass is 10.1. The molecular weight excluding hydrogens is 390 g/mol. The minimum Gasteiger partial charge on any atom is -0.218 e. The van der Waals surface area contributed by atoms with Crippen LogP contribution in [0.1, 0.15) is 167 Å². The van der Waals surface area contributed by atoms with Gasteiger partial charge in [0, 0.05) is 19.3 Å².